The first kappa shape index (κ1) is 18.5. The average Bonchev–Trinajstić information content (AvgIpc) is 3.03. The number of carboxylic acids is 1. The fourth-order valence-corrected chi connectivity index (χ4v) is 5.01. The summed E-state index contributed by atoms with van der Waals surface area (Å²) in [6.45, 7) is 0. The molecule has 1 aromatic carbocycles. The molecule has 1 aromatic heterocycles. The molecule has 0 radical (unpaired) electrons. The Bertz CT molecular complexity index is 845. The molecule has 0 saturated carbocycles. The maximum Gasteiger partial charge on any atom is 0.537 e. The number of rotatable bonds is 5. The lowest BCUT2D eigenvalue weighted by Crippen LogP contribution is -2.40. The highest BCUT2D eigenvalue weighted by Crippen LogP contribution is 2.40. The molecule has 2 N–H and O–H groups in total. The number of thiazole rings is 1. The smallest absolute Gasteiger partial charge is 0.534 e. The Kier molecular flexibility index (Phi) is 5.56. The van der Waals surface area contributed by atoms with Gasteiger partial charge in [-0.05, 0) is 18.1 Å². The van der Waals surface area contributed by atoms with Crippen molar-refractivity contribution in [3.8, 4) is 11.5 Å². The van der Waals surface area contributed by atoms with E-state index in [1.54, 1.807) is 40.1 Å². The number of hydrogen-bond donors (Lipinski definition) is 2. The highest BCUT2D eigenvalue weighted by molar-refractivity contribution is 14.1. The molecule has 0 fully saturated rings. The van der Waals surface area contributed by atoms with Gasteiger partial charge in [0, 0.05) is 28.0 Å². The van der Waals surface area contributed by atoms with E-state index in [4.69, 9.17) is 9.39 Å². The predicted molar refractivity (Wildman–Crippen MR) is 102 cm³/mol. The number of nitrogens with zero attached hydrogens (tertiary/aromatic N) is 1. The van der Waals surface area contributed by atoms with Crippen LogP contribution in [0.3, 0.4) is 0 Å². The van der Waals surface area contributed by atoms with Gasteiger partial charge in [-0.25, -0.2) is 9.78 Å². The van der Waals surface area contributed by atoms with Crippen molar-refractivity contribution in [2.75, 3.05) is 7.11 Å². The van der Waals surface area contributed by atoms with Crippen LogP contribution in [0.1, 0.15) is 26.4 Å². The maximum absolute atomic E-state index is 11.5. The second-order valence-electron chi connectivity index (χ2n) is 5.08. The molecule has 0 amide bonds. The Morgan fingerprint density at radius 3 is 2.88 bits per heavy atom. The molecule has 1 aliphatic rings. The summed E-state index contributed by atoms with van der Waals surface area (Å²) in [6.07, 6.45) is 0.401. The second kappa shape index (κ2) is 7.52. The molecule has 0 unspecified atom stereocenters. The van der Waals surface area contributed by atoms with Crippen molar-refractivity contribution in [1.82, 2.24) is 4.98 Å². The zero-order valence-electron chi connectivity index (χ0n) is 12.8. The van der Waals surface area contributed by atoms with E-state index in [9.17, 15) is 19.7 Å². The van der Waals surface area contributed by atoms with Crippen molar-refractivity contribution < 1.29 is 29.1 Å². The van der Waals surface area contributed by atoms with Crippen LogP contribution in [0.4, 0.5) is 0 Å². The average molecular weight is 491 g/mol. The van der Waals surface area contributed by atoms with E-state index in [2.05, 4.69) is 4.98 Å². The summed E-state index contributed by atoms with van der Waals surface area (Å²) in [5.41, 5.74) is 0.940. The molecule has 130 valence electrons. The zero-order valence-corrected chi connectivity index (χ0v) is 16.6. The molecule has 25 heavy (non-hydrogen) atoms. The van der Waals surface area contributed by atoms with Crippen LogP contribution in [-0.4, -0.2) is 44.3 Å². The second-order valence-corrected chi connectivity index (χ2v) is 8.40. The number of carboxylic acid groups (broad SMARTS) is 1. The van der Waals surface area contributed by atoms with E-state index in [0.717, 1.165) is 0 Å². The number of thioether (sulfide) groups is 1. The van der Waals surface area contributed by atoms with Crippen molar-refractivity contribution >= 4 is 62.6 Å². The molecular weight excluding hydrogens is 480 g/mol. The number of benzene rings is 1. The molecular formula is C14H11BINO6S2. The number of halogens is 1. The summed E-state index contributed by atoms with van der Waals surface area (Å²) < 4.78 is 11.0. The molecule has 1 aliphatic heterocycles. The number of carbonyl (C=O) groups is 2. The molecule has 1 atom stereocenters. The highest BCUT2D eigenvalue weighted by Gasteiger charge is 2.39. The summed E-state index contributed by atoms with van der Waals surface area (Å²) >= 11 is 4.28. The van der Waals surface area contributed by atoms with Gasteiger partial charge in [-0.2, -0.15) is 0 Å². The van der Waals surface area contributed by atoms with Crippen molar-refractivity contribution in [1.29, 1.82) is 0 Å². The van der Waals surface area contributed by atoms with Crippen LogP contribution in [0.5, 0.6) is 11.5 Å². The van der Waals surface area contributed by atoms with Crippen LogP contribution in [0.25, 0.3) is 0 Å². The molecule has 0 bridgehead atoms. The third kappa shape index (κ3) is 3.78. The van der Waals surface area contributed by atoms with Crippen LogP contribution >= 0.6 is 45.7 Å². The first-order valence-electron chi connectivity index (χ1n) is 7.00. The molecule has 0 spiro atoms. The molecule has 2 aromatic rings. The Balaban J connectivity index is 1.87. The van der Waals surface area contributed by atoms with Crippen molar-refractivity contribution in [2.45, 2.75) is 15.9 Å². The number of fused-ring (bicyclic) bond motifs is 1. The standard InChI is InChI=1S/C14H11BINO6S2/c1-22-8-3-2-6-4-9(15(21)23-11(6)10(8)13(19)20)25-14-17-7(5-24-14)12(16)18/h2-3,5,9,21H,4H2,1H3,(H,19,20)/t9-/m0/s1. The minimum absolute atomic E-state index is 0.102. The van der Waals surface area contributed by atoms with E-state index in [1.807, 2.05) is 0 Å². The number of aromatic carboxylic acids is 1. The molecule has 3 rings (SSSR count). The van der Waals surface area contributed by atoms with Gasteiger partial charge in [0.05, 0.1) is 12.3 Å². The number of aromatic nitrogens is 1. The largest absolute Gasteiger partial charge is 0.537 e. The summed E-state index contributed by atoms with van der Waals surface area (Å²) in [5, 5.41) is 21.0. The minimum atomic E-state index is -1.20. The van der Waals surface area contributed by atoms with Gasteiger partial charge in [0.1, 0.15) is 22.8 Å². The van der Waals surface area contributed by atoms with Gasteiger partial charge in [-0.15, -0.1) is 11.3 Å². The van der Waals surface area contributed by atoms with Gasteiger partial charge in [0.25, 0.3) is 0 Å². The monoisotopic (exact) mass is 491 g/mol. The summed E-state index contributed by atoms with van der Waals surface area (Å²) in [7, 11) is 0.172. The fraction of sp³-hybridized carbons (Fsp3) is 0.214. The molecule has 11 heteroatoms. The van der Waals surface area contributed by atoms with Crippen molar-refractivity contribution in [3.63, 3.8) is 0 Å². The molecule has 0 saturated heterocycles. The molecule has 2 heterocycles. The normalized spacial score (nSPS) is 16.1. The third-order valence-electron chi connectivity index (χ3n) is 3.55. The minimum Gasteiger partial charge on any atom is -0.534 e. The third-order valence-corrected chi connectivity index (χ3v) is 6.31. The van der Waals surface area contributed by atoms with Crippen LogP contribution in [0.15, 0.2) is 21.9 Å². The first-order valence-corrected chi connectivity index (χ1v) is 9.84. The quantitative estimate of drug-likeness (QED) is 0.374. The molecule has 0 aliphatic carbocycles. The van der Waals surface area contributed by atoms with E-state index in [0.29, 0.717) is 22.0 Å². The lowest BCUT2D eigenvalue weighted by atomic mass is 9.77. The number of ether oxygens (including phenoxy) is 1. The van der Waals surface area contributed by atoms with Crippen LogP contribution in [0, 0.1) is 0 Å². The van der Waals surface area contributed by atoms with Gasteiger partial charge >= 0.3 is 13.1 Å². The van der Waals surface area contributed by atoms with Gasteiger partial charge in [0.15, 0.2) is 4.34 Å². The number of hydrogen-bond acceptors (Lipinski definition) is 8. The maximum atomic E-state index is 11.5. The van der Waals surface area contributed by atoms with Crippen LogP contribution in [0.2, 0.25) is 0 Å². The van der Waals surface area contributed by atoms with Crippen LogP contribution in [-0.2, 0) is 6.42 Å². The Labute approximate surface area is 165 Å². The lowest BCUT2D eigenvalue weighted by molar-refractivity contribution is 0.0690. The van der Waals surface area contributed by atoms with Gasteiger partial charge < -0.3 is 19.5 Å². The van der Waals surface area contributed by atoms with Crippen molar-refractivity contribution in [3.05, 3.63) is 34.3 Å². The Morgan fingerprint density at radius 2 is 2.28 bits per heavy atom. The van der Waals surface area contributed by atoms with E-state index in [1.165, 1.54) is 30.2 Å². The van der Waals surface area contributed by atoms with Crippen LogP contribution < -0.4 is 9.39 Å². The number of methoxy groups -OCH3 is 1. The topological polar surface area (TPSA) is 106 Å². The lowest BCUT2D eigenvalue weighted by Gasteiger charge is -2.28. The van der Waals surface area contributed by atoms with Gasteiger partial charge in [-0.1, -0.05) is 17.8 Å². The Hall–Kier alpha value is -1.31. The molecule has 7 nitrogen and oxygen atoms in total. The Morgan fingerprint density at radius 1 is 1.52 bits per heavy atom. The van der Waals surface area contributed by atoms with E-state index < -0.39 is 13.1 Å². The summed E-state index contributed by atoms with van der Waals surface area (Å²) in [4.78, 5) is 27.0. The van der Waals surface area contributed by atoms with E-state index in [-0.39, 0.29) is 26.0 Å². The SMILES string of the molecule is COc1ccc2c(c1C(=O)O)OB(O)[C@@H](Sc1nc(C(=O)I)cs1)C2. The number of carbonyl (C=O) groups excluding carboxylic acids is 1. The summed E-state index contributed by atoms with van der Waals surface area (Å²) in [5.74, 6) is -0.884. The van der Waals surface area contributed by atoms with Gasteiger partial charge in [0.2, 0.25) is 3.79 Å². The van der Waals surface area contributed by atoms with E-state index >= 15 is 0 Å². The predicted octanol–water partition coefficient (Wildman–Crippen LogP) is 2.54. The summed E-state index contributed by atoms with van der Waals surface area (Å²) in [6, 6.07) is 3.29. The fourth-order valence-electron chi connectivity index (χ4n) is 2.42. The highest BCUT2D eigenvalue weighted by atomic mass is 127. The zero-order chi connectivity index (χ0) is 18.1. The first-order chi connectivity index (χ1) is 11.9. The van der Waals surface area contributed by atoms with Gasteiger partial charge in [-0.3, -0.25) is 4.79 Å². The van der Waals surface area contributed by atoms with Crippen molar-refractivity contribution in [2.24, 2.45) is 0 Å².